The predicted molar refractivity (Wildman–Crippen MR) is 115 cm³/mol. The second-order valence-corrected chi connectivity index (χ2v) is 10.5. The zero-order valence-corrected chi connectivity index (χ0v) is 18.1. The Balaban J connectivity index is 1.83. The Bertz CT molecular complexity index is 1290. The fourth-order valence-corrected chi connectivity index (χ4v) is 6.20. The summed E-state index contributed by atoms with van der Waals surface area (Å²) in [6, 6.07) is 5.66. The van der Waals surface area contributed by atoms with Crippen LogP contribution in [0.5, 0.6) is 0 Å². The van der Waals surface area contributed by atoms with Gasteiger partial charge in [0, 0.05) is 13.1 Å². The average Bonchev–Trinajstić information content (AvgIpc) is 3.18. The number of nitrogens with one attached hydrogen (secondary N) is 1. The molecule has 2 aromatic heterocycles. The van der Waals surface area contributed by atoms with E-state index in [4.69, 9.17) is 11.6 Å². The van der Waals surface area contributed by atoms with E-state index in [-0.39, 0.29) is 21.6 Å². The van der Waals surface area contributed by atoms with Crippen molar-refractivity contribution in [2.75, 3.05) is 7.05 Å². The van der Waals surface area contributed by atoms with Crippen LogP contribution in [0.15, 0.2) is 44.1 Å². The molecule has 0 bridgehead atoms. The third-order valence-electron chi connectivity index (χ3n) is 5.45. The summed E-state index contributed by atoms with van der Waals surface area (Å²) in [5.74, 6) is 0. The number of thiophene rings is 1. The van der Waals surface area contributed by atoms with Gasteiger partial charge in [-0.2, -0.15) is 4.31 Å². The van der Waals surface area contributed by atoms with Gasteiger partial charge < -0.3 is 0 Å². The molecule has 3 aromatic rings. The van der Waals surface area contributed by atoms with Crippen molar-refractivity contribution in [2.24, 2.45) is 0 Å². The largest absolute Gasteiger partial charge is 0.334 e. The molecule has 10 heteroatoms. The van der Waals surface area contributed by atoms with E-state index in [9.17, 15) is 18.0 Å². The third kappa shape index (κ3) is 3.56. The van der Waals surface area contributed by atoms with Gasteiger partial charge in [-0.1, -0.05) is 30.9 Å². The lowest BCUT2D eigenvalue weighted by atomic mass is 9.96. The van der Waals surface area contributed by atoms with Crippen LogP contribution < -0.4 is 11.2 Å². The molecule has 0 saturated heterocycles. The SMILES string of the molecule is CN(C1CCCCC1)S(=O)(=O)c1ccc(Cl)c(-n2c(=O)[nH]c3sccc3c2=O)c1. The molecule has 4 rings (SSSR count). The van der Waals surface area contributed by atoms with E-state index < -0.39 is 21.3 Å². The summed E-state index contributed by atoms with van der Waals surface area (Å²) in [5, 5.41) is 2.17. The molecule has 0 aliphatic heterocycles. The van der Waals surface area contributed by atoms with Gasteiger partial charge in [0.25, 0.3) is 5.56 Å². The van der Waals surface area contributed by atoms with Crippen molar-refractivity contribution < 1.29 is 8.42 Å². The Labute approximate surface area is 176 Å². The quantitative estimate of drug-likeness (QED) is 0.655. The van der Waals surface area contributed by atoms with Crippen LogP contribution in [0.3, 0.4) is 0 Å². The number of nitrogens with zero attached hydrogens (tertiary/aromatic N) is 2. The number of hydrogen-bond donors (Lipinski definition) is 1. The van der Waals surface area contributed by atoms with Gasteiger partial charge in [-0.3, -0.25) is 9.78 Å². The molecule has 154 valence electrons. The number of fused-ring (bicyclic) bond motifs is 1. The lowest BCUT2D eigenvalue weighted by Crippen LogP contribution is -2.38. The summed E-state index contributed by atoms with van der Waals surface area (Å²) >= 11 is 7.51. The van der Waals surface area contributed by atoms with Crippen LogP contribution in [-0.4, -0.2) is 35.4 Å². The first-order chi connectivity index (χ1) is 13.8. The smallest absolute Gasteiger partial charge is 0.298 e. The number of benzene rings is 1. The maximum absolute atomic E-state index is 13.2. The third-order valence-corrected chi connectivity index (χ3v) is 8.50. The molecular weight excluding hydrogens is 434 g/mol. The summed E-state index contributed by atoms with van der Waals surface area (Å²) in [6.07, 6.45) is 4.77. The Morgan fingerprint density at radius 1 is 1.17 bits per heavy atom. The molecule has 7 nitrogen and oxygen atoms in total. The minimum absolute atomic E-state index is 0.00156. The highest BCUT2D eigenvalue weighted by molar-refractivity contribution is 7.89. The molecule has 1 aliphatic rings. The summed E-state index contributed by atoms with van der Waals surface area (Å²) in [4.78, 5) is 28.5. The first kappa shape index (κ1) is 20.3. The maximum atomic E-state index is 13.2. The predicted octanol–water partition coefficient (Wildman–Crippen LogP) is 3.35. The first-order valence-electron chi connectivity index (χ1n) is 9.31. The number of aromatic nitrogens is 2. The zero-order valence-electron chi connectivity index (χ0n) is 15.7. The van der Waals surface area contributed by atoms with E-state index in [2.05, 4.69) is 4.98 Å². The van der Waals surface area contributed by atoms with Crippen molar-refractivity contribution >= 4 is 43.2 Å². The molecule has 2 heterocycles. The minimum atomic E-state index is -3.79. The van der Waals surface area contributed by atoms with Gasteiger partial charge >= 0.3 is 5.69 Å². The van der Waals surface area contributed by atoms with Crippen molar-refractivity contribution in [1.29, 1.82) is 0 Å². The Morgan fingerprint density at radius 2 is 1.90 bits per heavy atom. The number of sulfonamides is 1. The summed E-state index contributed by atoms with van der Waals surface area (Å²) in [5.41, 5.74) is -1.16. The standard InChI is InChI=1S/C19H20ClN3O4S2/c1-22(12-5-3-2-4-6-12)29(26,27)13-7-8-15(20)16(11-13)23-18(24)14-9-10-28-17(14)21-19(23)25/h7-12H,2-6H2,1H3,(H,21,25). The molecule has 0 atom stereocenters. The van der Waals surface area contributed by atoms with Crippen LogP contribution in [0, 0.1) is 0 Å². The maximum Gasteiger partial charge on any atom is 0.334 e. The summed E-state index contributed by atoms with van der Waals surface area (Å²) < 4.78 is 28.6. The van der Waals surface area contributed by atoms with Crippen LogP contribution in [0.1, 0.15) is 32.1 Å². The Morgan fingerprint density at radius 3 is 2.62 bits per heavy atom. The van der Waals surface area contributed by atoms with Gasteiger partial charge in [-0.15, -0.1) is 11.3 Å². The lowest BCUT2D eigenvalue weighted by Gasteiger charge is -2.30. The number of hydrogen-bond acceptors (Lipinski definition) is 5. The van der Waals surface area contributed by atoms with Crippen molar-refractivity contribution in [3.63, 3.8) is 0 Å². The molecule has 1 fully saturated rings. The normalized spacial score (nSPS) is 16.0. The molecule has 0 amide bonds. The Hall–Kier alpha value is -1.94. The molecule has 1 aromatic carbocycles. The fourth-order valence-electron chi connectivity index (χ4n) is 3.79. The molecule has 1 aliphatic carbocycles. The highest BCUT2D eigenvalue weighted by Gasteiger charge is 2.30. The van der Waals surface area contributed by atoms with Crippen molar-refractivity contribution in [1.82, 2.24) is 13.9 Å². The molecule has 1 saturated carbocycles. The summed E-state index contributed by atoms with van der Waals surface area (Å²) in [6.45, 7) is 0. The van der Waals surface area contributed by atoms with Crippen LogP contribution >= 0.6 is 22.9 Å². The number of halogens is 1. The Kier molecular flexibility index (Phi) is 5.41. The van der Waals surface area contributed by atoms with E-state index >= 15 is 0 Å². The second-order valence-electron chi connectivity index (χ2n) is 7.16. The van der Waals surface area contributed by atoms with Gasteiger partial charge in [-0.05, 0) is 42.5 Å². The van der Waals surface area contributed by atoms with E-state index in [0.29, 0.717) is 10.2 Å². The number of H-pyrrole nitrogens is 1. The van der Waals surface area contributed by atoms with Crippen LogP contribution in [0.2, 0.25) is 5.02 Å². The molecule has 29 heavy (non-hydrogen) atoms. The molecular formula is C19H20ClN3O4S2. The van der Waals surface area contributed by atoms with Crippen LogP contribution in [-0.2, 0) is 10.0 Å². The second kappa shape index (κ2) is 7.71. The van der Waals surface area contributed by atoms with Gasteiger partial charge in [0.05, 0.1) is 21.0 Å². The van der Waals surface area contributed by atoms with Crippen molar-refractivity contribution in [3.05, 3.63) is 55.5 Å². The van der Waals surface area contributed by atoms with E-state index in [1.807, 2.05) is 0 Å². The van der Waals surface area contributed by atoms with Gasteiger partial charge in [0.15, 0.2) is 0 Å². The highest BCUT2D eigenvalue weighted by Crippen LogP contribution is 2.29. The van der Waals surface area contributed by atoms with Crippen molar-refractivity contribution in [2.45, 2.75) is 43.0 Å². The first-order valence-corrected chi connectivity index (χ1v) is 12.0. The lowest BCUT2D eigenvalue weighted by molar-refractivity contribution is 0.286. The van der Waals surface area contributed by atoms with Crippen molar-refractivity contribution in [3.8, 4) is 5.69 Å². The topological polar surface area (TPSA) is 92.2 Å². The van der Waals surface area contributed by atoms with E-state index in [0.717, 1.165) is 36.7 Å². The van der Waals surface area contributed by atoms with E-state index in [1.54, 1.807) is 18.5 Å². The monoisotopic (exact) mass is 453 g/mol. The fraction of sp³-hybridized carbons (Fsp3) is 0.368. The number of rotatable bonds is 4. The van der Waals surface area contributed by atoms with E-state index in [1.165, 1.54) is 33.8 Å². The van der Waals surface area contributed by atoms with Gasteiger partial charge in [-0.25, -0.2) is 17.8 Å². The molecule has 1 N–H and O–H groups in total. The van der Waals surface area contributed by atoms with Crippen LogP contribution in [0.4, 0.5) is 0 Å². The highest BCUT2D eigenvalue weighted by atomic mass is 35.5. The van der Waals surface area contributed by atoms with Gasteiger partial charge in [0.2, 0.25) is 10.0 Å². The molecule has 0 radical (unpaired) electrons. The average molecular weight is 454 g/mol. The minimum Gasteiger partial charge on any atom is -0.298 e. The van der Waals surface area contributed by atoms with Gasteiger partial charge in [0.1, 0.15) is 4.83 Å². The molecule has 0 spiro atoms. The summed E-state index contributed by atoms with van der Waals surface area (Å²) in [7, 11) is -2.21. The number of aromatic amines is 1. The zero-order chi connectivity index (χ0) is 20.8. The van der Waals surface area contributed by atoms with Crippen LogP contribution in [0.25, 0.3) is 15.9 Å². The molecule has 0 unspecified atom stereocenters.